The lowest BCUT2D eigenvalue weighted by Crippen LogP contribution is -2.53. The molecule has 1 fully saturated rings. The number of halogens is 1. The van der Waals surface area contributed by atoms with Crippen molar-refractivity contribution in [3.63, 3.8) is 0 Å². The van der Waals surface area contributed by atoms with Crippen LogP contribution in [0.5, 0.6) is 11.5 Å². The van der Waals surface area contributed by atoms with Gasteiger partial charge in [0.1, 0.15) is 17.1 Å². The summed E-state index contributed by atoms with van der Waals surface area (Å²) in [5.41, 5.74) is 2.07. The number of aryl methyl sites for hydroxylation is 1. The molecule has 0 aromatic heterocycles. The van der Waals surface area contributed by atoms with Gasteiger partial charge in [-0.2, -0.15) is 0 Å². The number of ether oxygens (including phenoxy) is 2. The summed E-state index contributed by atoms with van der Waals surface area (Å²) in [6, 6.07) is 11.4. The maximum absolute atomic E-state index is 12.7. The number of hydrogen-bond acceptors (Lipinski definition) is 4. The van der Waals surface area contributed by atoms with Crippen LogP contribution in [-0.4, -0.2) is 41.9 Å². The number of piperidine rings is 1. The van der Waals surface area contributed by atoms with Crippen molar-refractivity contribution in [2.24, 2.45) is 0 Å². The predicted molar refractivity (Wildman–Crippen MR) is 120 cm³/mol. The van der Waals surface area contributed by atoms with Gasteiger partial charge in [0.05, 0.1) is 12.0 Å². The van der Waals surface area contributed by atoms with Gasteiger partial charge in [-0.25, -0.2) is 0 Å². The number of carbonyl (C=O) groups excluding carboxylic acids is 2. The summed E-state index contributed by atoms with van der Waals surface area (Å²) in [5.74, 6) is 1.72. The van der Waals surface area contributed by atoms with E-state index in [0.29, 0.717) is 60.4 Å². The first kappa shape index (κ1) is 21.7. The summed E-state index contributed by atoms with van der Waals surface area (Å²) in [6.07, 6.45) is 1.56. The van der Waals surface area contributed by atoms with Gasteiger partial charge in [-0.1, -0.05) is 37.6 Å². The number of fused-ring (bicyclic) bond motifs is 1. The number of carbonyl (C=O) groups is 2. The number of nitrogens with zero attached hydrogens (tertiary/aromatic N) is 1. The third-order valence-electron chi connectivity index (χ3n) is 6.28. The zero-order valence-electron chi connectivity index (χ0n) is 18.2. The Balaban J connectivity index is 1.36. The Kier molecular flexibility index (Phi) is 5.98. The summed E-state index contributed by atoms with van der Waals surface area (Å²) in [7, 11) is 0. The first-order valence-corrected chi connectivity index (χ1v) is 11.2. The fraction of sp³-hybridized carbons (Fsp3) is 0.440. The molecule has 0 bridgehead atoms. The molecule has 6 heteroatoms. The highest BCUT2D eigenvalue weighted by Gasteiger charge is 2.43. The van der Waals surface area contributed by atoms with E-state index >= 15 is 0 Å². The predicted octanol–water partition coefficient (Wildman–Crippen LogP) is 5.18. The van der Waals surface area contributed by atoms with Crippen molar-refractivity contribution < 1.29 is 19.1 Å². The minimum Gasteiger partial charge on any atom is -0.486 e. The Labute approximate surface area is 188 Å². The monoisotopic (exact) mass is 441 g/mol. The zero-order valence-corrected chi connectivity index (χ0v) is 19.0. The lowest BCUT2D eigenvalue weighted by Gasteiger charge is -2.44. The Hall–Kier alpha value is -2.53. The highest BCUT2D eigenvalue weighted by Crippen LogP contribution is 2.41. The van der Waals surface area contributed by atoms with E-state index in [1.807, 2.05) is 31.2 Å². The Bertz CT molecular complexity index is 1010. The molecule has 0 atom stereocenters. The Morgan fingerprint density at radius 3 is 2.68 bits per heavy atom. The quantitative estimate of drug-likeness (QED) is 0.656. The molecule has 164 valence electrons. The van der Waals surface area contributed by atoms with Gasteiger partial charge in [-0.3, -0.25) is 9.59 Å². The molecule has 0 radical (unpaired) electrons. The lowest BCUT2D eigenvalue weighted by atomic mass is 9.82. The van der Waals surface area contributed by atoms with Gasteiger partial charge in [0.2, 0.25) is 0 Å². The zero-order chi connectivity index (χ0) is 22.2. The summed E-state index contributed by atoms with van der Waals surface area (Å²) in [5, 5.41) is 0.575. The summed E-state index contributed by atoms with van der Waals surface area (Å²) in [4.78, 5) is 27.2. The van der Waals surface area contributed by atoms with Crippen LogP contribution in [-0.2, 0) is 4.79 Å². The molecule has 0 N–H and O–H groups in total. The van der Waals surface area contributed by atoms with Gasteiger partial charge in [0, 0.05) is 31.0 Å². The molecule has 0 aliphatic carbocycles. The third-order valence-corrected chi connectivity index (χ3v) is 6.69. The molecule has 2 aromatic rings. The molecular formula is C25H28ClNO4. The number of hydrogen-bond donors (Lipinski definition) is 0. The minimum absolute atomic E-state index is 0.00879. The second-order valence-corrected chi connectivity index (χ2v) is 9.29. The maximum atomic E-state index is 12.7. The summed E-state index contributed by atoms with van der Waals surface area (Å²) >= 11 is 6.18. The van der Waals surface area contributed by atoms with Gasteiger partial charge >= 0.3 is 0 Å². The smallest absolute Gasteiger partial charge is 0.260 e. The summed E-state index contributed by atoms with van der Waals surface area (Å²) < 4.78 is 12.1. The molecule has 2 aromatic carbocycles. The fourth-order valence-electron chi connectivity index (χ4n) is 4.26. The second-order valence-electron chi connectivity index (χ2n) is 8.88. The molecule has 0 saturated carbocycles. The number of likely N-dealkylation sites (tertiary alicyclic amines) is 1. The van der Waals surface area contributed by atoms with Crippen LogP contribution >= 0.6 is 11.6 Å². The van der Waals surface area contributed by atoms with Crippen LogP contribution in [0.1, 0.15) is 60.5 Å². The van der Waals surface area contributed by atoms with Crippen molar-refractivity contribution in [2.45, 2.75) is 51.6 Å². The SMILES string of the molecule is Cc1cc2c(cc1Cl)C(=O)CC1(CCN(C(=O)COc3cccc(C(C)C)c3)CC1)O2. The molecule has 2 aliphatic heterocycles. The Morgan fingerprint density at radius 2 is 1.97 bits per heavy atom. The van der Waals surface area contributed by atoms with Gasteiger partial charge in [0.25, 0.3) is 5.91 Å². The normalized spacial score (nSPS) is 17.5. The van der Waals surface area contributed by atoms with Crippen molar-refractivity contribution in [1.82, 2.24) is 4.90 Å². The van der Waals surface area contributed by atoms with E-state index in [9.17, 15) is 9.59 Å². The van der Waals surface area contributed by atoms with Crippen molar-refractivity contribution in [3.8, 4) is 11.5 Å². The maximum Gasteiger partial charge on any atom is 0.260 e. The largest absolute Gasteiger partial charge is 0.486 e. The first-order chi connectivity index (χ1) is 14.8. The molecule has 2 aliphatic rings. The first-order valence-electron chi connectivity index (χ1n) is 10.8. The number of Topliss-reactive ketones (excluding diaryl/α,β-unsaturated/α-hetero) is 1. The molecule has 0 unspecified atom stereocenters. The van der Waals surface area contributed by atoms with E-state index in [1.54, 1.807) is 11.0 Å². The van der Waals surface area contributed by atoms with E-state index < -0.39 is 5.60 Å². The van der Waals surface area contributed by atoms with E-state index in [1.165, 1.54) is 5.56 Å². The van der Waals surface area contributed by atoms with Crippen LogP contribution in [0.4, 0.5) is 0 Å². The molecule has 1 amide bonds. The van der Waals surface area contributed by atoms with E-state index in [4.69, 9.17) is 21.1 Å². The van der Waals surface area contributed by atoms with E-state index in [-0.39, 0.29) is 18.3 Å². The van der Waals surface area contributed by atoms with Crippen molar-refractivity contribution in [3.05, 3.63) is 58.1 Å². The molecule has 1 spiro atoms. The Morgan fingerprint density at radius 1 is 1.23 bits per heavy atom. The van der Waals surface area contributed by atoms with E-state index in [0.717, 1.165) is 5.56 Å². The highest BCUT2D eigenvalue weighted by molar-refractivity contribution is 6.31. The standard InChI is InChI=1S/C25H28ClNO4/c1-16(2)18-5-4-6-19(12-18)30-15-24(29)27-9-7-25(8-10-27)14-22(28)20-13-21(26)17(3)11-23(20)31-25/h4-6,11-13,16H,7-10,14-15H2,1-3H3. The molecule has 1 saturated heterocycles. The van der Waals surface area contributed by atoms with Gasteiger partial charge in [-0.15, -0.1) is 0 Å². The molecular weight excluding hydrogens is 414 g/mol. The fourth-order valence-corrected chi connectivity index (χ4v) is 4.42. The number of ketones is 1. The third kappa shape index (κ3) is 4.57. The van der Waals surface area contributed by atoms with Crippen LogP contribution in [0.2, 0.25) is 5.02 Å². The van der Waals surface area contributed by atoms with Gasteiger partial charge in [-0.05, 0) is 48.2 Å². The van der Waals surface area contributed by atoms with Crippen molar-refractivity contribution in [2.75, 3.05) is 19.7 Å². The second kappa shape index (κ2) is 8.54. The van der Waals surface area contributed by atoms with Crippen LogP contribution in [0.3, 0.4) is 0 Å². The van der Waals surface area contributed by atoms with Gasteiger partial charge in [0.15, 0.2) is 12.4 Å². The van der Waals surface area contributed by atoms with Crippen LogP contribution < -0.4 is 9.47 Å². The highest BCUT2D eigenvalue weighted by atomic mass is 35.5. The number of amides is 1. The lowest BCUT2D eigenvalue weighted by molar-refractivity contribution is -0.136. The topological polar surface area (TPSA) is 55.8 Å². The van der Waals surface area contributed by atoms with Gasteiger partial charge < -0.3 is 14.4 Å². The summed E-state index contributed by atoms with van der Waals surface area (Å²) in [6.45, 7) is 7.25. The van der Waals surface area contributed by atoms with E-state index in [2.05, 4.69) is 19.9 Å². The van der Waals surface area contributed by atoms with Crippen molar-refractivity contribution in [1.29, 1.82) is 0 Å². The average molecular weight is 442 g/mol. The number of rotatable bonds is 4. The van der Waals surface area contributed by atoms with Crippen LogP contribution in [0, 0.1) is 6.92 Å². The van der Waals surface area contributed by atoms with Crippen LogP contribution in [0.15, 0.2) is 36.4 Å². The number of benzene rings is 2. The molecule has 31 heavy (non-hydrogen) atoms. The molecule has 2 heterocycles. The van der Waals surface area contributed by atoms with Crippen molar-refractivity contribution >= 4 is 23.3 Å². The minimum atomic E-state index is -0.548. The average Bonchev–Trinajstić information content (AvgIpc) is 2.74. The molecule has 4 rings (SSSR count). The molecule has 5 nitrogen and oxygen atoms in total. The van der Waals surface area contributed by atoms with Crippen LogP contribution in [0.25, 0.3) is 0 Å².